The standard InChI is InChI=1S/C17H22N2O2/c1-2-21-16-5-3-15(4-6-16)17-18-9-10-19(17)13-14-7-11-20-12-8-14/h3-6,9-10,14H,2,7-8,11-13H2,1H3. The Balaban J connectivity index is 1.74. The number of hydrogen-bond acceptors (Lipinski definition) is 3. The minimum Gasteiger partial charge on any atom is -0.494 e. The van der Waals surface area contributed by atoms with Gasteiger partial charge in [-0.05, 0) is 49.9 Å². The average molecular weight is 286 g/mol. The molecular weight excluding hydrogens is 264 g/mol. The Bertz CT molecular complexity index is 556. The van der Waals surface area contributed by atoms with Crippen molar-refractivity contribution in [2.75, 3.05) is 19.8 Å². The van der Waals surface area contributed by atoms with E-state index in [-0.39, 0.29) is 0 Å². The molecule has 112 valence electrons. The molecule has 2 heterocycles. The highest BCUT2D eigenvalue weighted by Crippen LogP contribution is 2.24. The molecule has 4 heteroatoms. The summed E-state index contributed by atoms with van der Waals surface area (Å²) in [5.41, 5.74) is 1.13. The number of hydrogen-bond donors (Lipinski definition) is 0. The lowest BCUT2D eigenvalue weighted by Crippen LogP contribution is -2.20. The fraction of sp³-hybridized carbons (Fsp3) is 0.471. The zero-order chi connectivity index (χ0) is 14.5. The second-order valence-corrected chi connectivity index (χ2v) is 5.42. The molecule has 0 bridgehead atoms. The van der Waals surface area contributed by atoms with E-state index in [1.54, 1.807) is 0 Å². The van der Waals surface area contributed by atoms with Crippen LogP contribution in [0.15, 0.2) is 36.7 Å². The van der Waals surface area contributed by atoms with Crippen molar-refractivity contribution in [3.63, 3.8) is 0 Å². The molecule has 0 spiro atoms. The van der Waals surface area contributed by atoms with Crippen LogP contribution in [-0.2, 0) is 11.3 Å². The lowest BCUT2D eigenvalue weighted by Gasteiger charge is -2.23. The molecule has 1 aromatic carbocycles. The van der Waals surface area contributed by atoms with Crippen LogP contribution in [0.2, 0.25) is 0 Å². The van der Waals surface area contributed by atoms with Gasteiger partial charge >= 0.3 is 0 Å². The molecule has 0 amide bonds. The molecule has 1 saturated heterocycles. The molecule has 1 aliphatic heterocycles. The van der Waals surface area contributed by atoms with Gasteiger partial charge < -0.3 is 14.0 Å². The van der Waals surface area contributed by atoms with Gasteiger partial charge in [-0.25, -0.2) is 4.98 Å². The number of rotatable bonds is 5. The molecule has 1 aromatic heterocycles. The van der Waals surface area contributed by atoms with Gasteiger partial charge in [0.05, 0.1) is 6.61 Å². The molecule has 21 heavy (non-hydrogen) atoms. The molecule has 0 aliphatic carbocycles. The van der Waals surface area contributed by atoms with Gasteiger partial charge in [-0.2, -0.15) is 0 Å². The first kappa shape index (κ1) is 14.1. The third-order valence-corrected chi connectivity index (χ3v) is 3.93. The predicted octanol–water partition coefficient (Wildman–Crippen LogP) is 3.38. The van der Waals surface area contributed by atoms with Crippen molar-refractivity contribution in [1.29, 1.82) is 0 Å². The highest BCUT2D eigenvalue weighted by molar-refractivity contribution is 5.56. The van der Waals surface area contributed by atoms with E-state index in [4.69, 9.17) is 9.47 Å². The smallest absolute Gasteiger partial charge is 0.139 e. The van der Waals surface area contributed by atoms with Crippen molar-refractivity contribution in [3.8, 4) is 17.1 Å². The average Bonchev–Trinajstić information content (AvgIpc) is 2.98. The van der Waals surface area contributed by atoms with E-state index in [0.717, 1.165) is 49.7 Å². The molecule has 0 radical (unpaired) electrons. The van der Waals surface area contributed by atoms with E-state index in [1.807, 2.05) is 25.3 Å². The van der Waals surface area contributed by atoms with E-state index in [9.17, 15) is 0 Å². The minimum atomic E-state index is 0.689. The van der Waals surface area contributed by atoms with Crippen LogP contribution in [0.4, 0.5) is 0 Å². The van der Waals surface area contributed by atoms with Crippen molar-refractivity contribution in [3.05, 3.63) is 36.7 Å². The summed E-state index contributed by atoms with van der Waals surface area (Å²) < 4.78 is 13.2. The number of aromatic nitrogens is 2. The zero-order valence-electron chi connectivity index (χ0n) is 12.5. The summed E-state index contributed by atoms with van der Waals surface area (Å²) in [6.45, 7) is 5.48. The van der Waals surface area contributed by atoms with Crippen LogP contribution >= 0.6 is 0 Å². The first-order chi connectivity index (χ1) is 10.4. The Kier molecular flexibility index (Phi) is 4.55. The first-order valence-corrected chi connectivity index (χ1v) is 7.69. The molecule has 0 unspecified atom stereocenters. The van der Waals surface area contributed by atoms with Crippen molar-refractivity contribution in [2.45, 2.75) is 26.3 Å². The fourth-order valence-corrected chi connectivity index (χ4v) is 2.79. The van der Waals surface area contributed by atoms with Crippen LogP contribution < -0.4 is 4.74 Å². The molecule has 1 fully saturated rings. The van der Waals surface area contributed by atoms with Crippen molar-refractivity contribution >= 4 is 0 Å². The Morgan fingerprint density at radius 3 is 2.71 bits per heavy atom. The summed E-state index contributed by atoms with van der Waals surface area (Å²) in [4.78, 5) is 4.52. The monoisotopic (exact) mass is 286 g/mol. The fourth-order valence-electron chi connectivity index (χ4n) is 2.79. The molecular formula is C17H22N2O2. The van der Waals surface area contributed by atoms with Gasteiger partial charge in [0.25, 0.3) is 0 Å². The lowest BCUT2D eigenvalue weighted by molar-refractivity contribution is 0.0614. The summed E-state index contributed by atoms with van der Waals surface area (Å²) in [5.74, 6) is 2.63. The first-order valence-electron chi connectivity index (χ1n) is 7.69. The zero-order valence-corrected chi connectivity index (χ0v) is 12.5. The Labute approximate surface area is 125 Å². The van der Waals surface area contributed by atoms with Gasteiger partial charge in [0, 0.05) is 37.7 Å². The van der Waals surface area contributed by atoms with Gasteiger partial charge in [-0.3, -0.25) is 0 Å². The number of benzene rings is 1. The maximum atomic E-state index is 5.49. The van der Waals surface area contributed by atoms with Crippen LogP contribution in [0, 0.1) is 5.92 Å². The van der Waals surface area contributed by atoms with Gasteiger partial charge in [0.15, 0.2) is 0 Å². The van der Waals surface area contributed by atoms with Gasteiger partial charge in [0.2, 0.25) is 0 Å². The van der Waals surface area contributed by atoms with Gasteiger partial charge in [-0.1, -0.05) is 0 Å². The molecule has 2 aromatic rings. The van der Waals surface area contributed by atoms with E-state index in [2.05, 4.69) is 27.9 Å². The van der Waals surface area contributed by atoms with E-state index in [1.165, 1.54) is 0 Å². The molecule has 0 N–H and O–H groups in total. The Morgan fingerprint density at radius 2 is 2.00 bits per heavy atom. The third kappa shape index (κ3) is 3.45. The maximum absolute atomic E-state index is 5.49. The normalized spacial score (nSPS) is 16.0. The van der Waals surface area contributed by atoms with Gasteiger partial charge in [0.1, 0.15) is 11.6 Å². The lowest BCUT2D eigenvalue weighted by atomic mass is 10.0. The maximum Gasteiger partial charge on any atom is 0.139 e. The number of imidazole rings is 1. The second kappa shape index (κ2) is 6.76. The van der Waals surface area contributed by atoms with E-state index in [0.29, 0.717) is 12.5 Å². The van der Waals surface area contributed by atoms with Crippen molar-refractivity contribution in [1.82, 2.24) is 9.55 Å². The quantitative estimate of drug-likeness (QED) is 0.845. The largest absolute Gasteiger partial charge is 0.494 e. The SMILES string of the molecule is CCOc1ccc(-c2nccn2CC2CCOCC2)cc1. The van der Waals surface area contributed by atoms with Crippen LogP contribution in [0.1, 0.15) is 19.8 Å². The summed E-state index contributed by atoms with van der Waals surface area (Å²) in [5, 5.41) is 0. The summed E-state index contributed by atoms with van der Waals surface area (Å²) in [7, 11) is 0. The van der Waals surface area contributed by atoms with Crippen molar-refractivity contribution < 1.29 is 9.47 Å². The Hall–Kier alpha value is -1.81. The molecule has 0 atom stereocenters. The summed E-state index contributed by atoms with van der Waals surface area (Å²) in [6, 6.07) is 8.17. The van der Waals surface area contributed by atoms with E-state index >= 15 is 0 Å². The third-order valence-electron chi connectivity index (χ3n) is 3.93. The molecule has 1 aliphatic rings. The Morgan fingerprint density at radius 1 is 1.24 bits per heavy atom. The van der Waals surface area contributed by atoms with Crippen LogP contribution in [-0.4, -0.2) is 29.4 Å². The second-order valence-electron chi connectivity index (χ2n) is 5.42. The minimum absolute atomic E-state index is 0.689. The van der Waals surface area contributed by atoms with Crippen LogP contribution in [0.25, 0.3) is 11.4 Å². The highest BCUT2D eigenvalue weighted by Gasteiger charge is 2.16. The topological polar surface area (TPSA) is 36.3 Å². The highest BCUT2D eigenvalue weighted by atomic mass is 16.5. The van der Waals surface area contributed by atoms with Gasteiger partial charge in [-0.15, -0.1) is 0 Å². The van der Waals surface area contributed by atoms with E-state index < -0.39 is 0 Å². The summed E-state index contributed by atoms with van der Waals surface area (Å²) >= 11 is 0. The summed E-state index contributed by atoms with van der Waals surface area (Å²) in [6.07, 6.45) is 6.23. The van der Waals surface area contributed by atoms with Crippen LogP contribution in [0.5, 0.6) is 5.75 Å². The number of ether oxygens (including phenoxy) is 2. The molecule has 0 saturated carbocycles. The predicted molar refractivity (Wildman–Crippen MR) is 82.4 cm³/mol. The number of nitrogens with zero attached hydrogens (tertiary/aromatic N) is 2. The molecule has 3 rings (SSSR count). The van der Waals surface area contributed by atoms with Crippen molar-refractivity contribution in [2.24, 2.45) is 5.92 Å². The molecule has 4 nitrogen and oxygen atoms in total. The van der Waals surface area contributed by atoms with Crippen LogP contribution in [0.3, 0.4) is 0 Å².